The van der Waals surface area contributed by atoms with Crippen molar-refractivity contribution in [3.63, 3.8) is 0 Å². The van der Waals surface area contributed by atoms with E-state index in [1.165, 1.54) is 23.6 Å². The Kier molecular flexibility index (Phi) is 14.5. The Hall–Kier alpha value is -3.21. The van der Waals surface area contributed by atoms with E-state index in [0.29, 0.717) is 12.8 Å². The summed E-state index contributed by atoms with van der Waals surface area (Å²) in [5, 5.41) is 20.5. The Morgan fingerprint density at radius 1 is 0.717 bits per heavy atom. The SMILES string of the molecule is CC(=O)O[C@H](/C=C/C(C)=C/C=C/C(C)=C/C=C/C=C(C)/C=C/C=C(C)/C=C/C1=C(C)C[C@@H](O)CC1(C)C)[C@]1(C)C[C@@H](O)CC1(C)C. The highest BCUT2D eigenvalue weighted by Gasteiger charge is 2.54. The zero-order chi connectivity index (χ0) is 34.7. The van der Waals surface area contributed by atoms with E-state index in [-0.39, 0.29) is 34.4 Å². The summed E-state index contributed by atoms with van der Waals surface area (Å²) in [6, 6.07) is 0. The third-order valence-corrected chi connectivity index (χ3v) is 9.66. The van der Waals surface area contributed by atoms with Crippen LogP contribution in [0.1, 0.15) is 102 Å². The third kappa shape index (κ3) is 11.9. The number of carbonyl (C=O) groups excluding carboxylic acids is 1. The van der Waals surface area contributed by atoms with Gasteiger partial charge >= 0.3 is 5.97 Å². The summed E-state index contributed by atoms with van der Waals surface area (Å²) < 4.78 is 5.74. The number of aliphatic hydroxyl groups excluding tert-OH is 2. The van der Waals surface area contributed by atoms with E-state index in [9.17, 15) is 15.0 Å². The molecule has 2 aliphatic rings. The first-order chi connectivity index (χ1) is 21.4. The molecule has 0 heterocycles. The Labute approximate surface area is 280 Å². The van der Waals surface area contributed by atoms with Crippen LogP contribution in [0.3, 0.4) is 0 Å². The van der Waals surface area contributed by atoms with Gasteiger partial charge in [0.25, 0.3) is 0 Å². The fourth-order valence-electron chi connectivity index (χ4n) is 6.70. The van der Waals surface area contributed by atoms with Crippen molar-refractivity contribution >= 4 is 5.97 Å². The second-order valence-corrected chi connectivity index (χ2v) is 15.0. The number of aliphatic hydroxyl groups is 2. The molecule has 2 rings (SSSR count). The molecule has 0 aliphatic heterocycles. The fraction of sp³-hybridized carbons (Fsp3) is 0.500. The molecule has 1 saturated carbocycles. The van der Waals surface area contributed by atoms with Crippen molar-refractivity contribution < 1.29 is 19.7 Å². The van der Waals surface area contributed by atoms with Crippen molar-refractivity contribution in [3.8, 4) is 0 Å². The highest BCUT2D eigenvalue weighted by atomic mass is 16.5. The van der Waals surface area contributed by atoms with Crippen LogP contribution < -0.4 is 0 Å². The van der Waals surface area contributed by atoms with Gasteiger partial charge < -0.3 is 14.9 Å². The molecular weight excluding hydrogens is 568 g/mol. The third-order valence-electron chi connectivity index (χ3n) is 9.66. The smallest absolute Gasteiger partial charge is 0.303 e. The molecule has 2 aliphatic carbocycles. The Morgan fingerprint density at radius 3 is 1.70 bits per heavy atom. The number of esters is 1. The molecule has 0 radical (unpaired) electrons. The van der Waals surface area contributed by atoms with Crippen LogP contribution in [0.4, 0.5) is 0 Å². The van der Waals surface area contributed by atoms with Crippen molar-refractivity contribution in [2.45, 2.75) is 120 Å². The predicted octanol–water partition coefficient (Wildman–Crippen LogP) is 10.2. The van der Waals surface area contributed by atoms with Gasteiger partial charge in [0, 0.05) is 12.3 Å². The zero-order valence-corrected chi connectivity index (χ0v) is 30.4. The van der Waals surface area contributed by atoms with Crippen LogP contribution in [-0.4, -0.2) is 34.5 Å². The lowest BCUT2D eigenvalue weighted by molar-refractivity contribution is -0.153. The monoisotopic (exact) mass is 628 g/mol. The minimum Gasteiger partial charge on any atom is -0.458 e. The van der Waals surface area contributed by atoms with Crippen molar-refractivity contribution in [1.82, 2.24) is 0 Å². The van der Waals surface area contributed by atoms with E-state index in [4.69, 9.17) is 4.74 Å². The molecule has 46 heavy (non-hydrogen) atoms. The highest BCUT2D eigenvalue weighted by molar-refractivity contribution is 5.66. The average molecular weight is 629 g/mol. The predicted molar refractivity (Wildman–Crippen MR) is 195 cm³/mol. The van der Waals surface area contributed by atoms with Gasteiger partial charge in [-0.15, -0.1) is 0 Å². The molecule has 0 bridgehead atoms. The molecule has 0 saturated heterocycles. The van der Waals surface area contributed by atoms with Crippen molar-refractivity contribution in [2.24, 2.45) is 16.2 Å². The maximum atomic E-state index is 11.9. The first-order valence-electron chi connectivity index (χ1n) is 16.7. The summed E-state index contributed by atoms with van der Waals surface area (Å²) in [5.74, 6) is -0.310. The average Bonchev–Trinajstić information content (AvgIpc) is 3.13. The summed E-state index contributed by atoms with van der Waals surface area (Å²) in [7, 11) is 0. The van der Waals surface area contributed by atoms with Gasteiger partial charge in [0.05, 0.1) is 12.2 Å². The standard InChI is InChI=1S/C42H60O4/c1-30(18-14-20-32(3)22-24-38-34(5)26-36(44)27-40(38,7)8)16-12-13-17-31(2)19-15-21-33(4)23-25-39(46-35(6)43)42(11)29-37(45)28-41(42,9)10/h12-25,36-37,39,44-45H,26-29H2,1-11H3/b13-12+,18-14+,19-15+,24-22+,25-23+,30-16+,31-17+,32-20+,33-21+/t36-,37+,39-,42+/m1/s1. The topological polar surface area (TPSA) is 66.8 Å². The molecule has 4 atom stereocenters. The number of hydrogen-bond donors (Lipinski definition) is 2. The Morgan fingerprint density at radius 2 is 1.22 bits per heavy atom. The quantitative estimate of drug-likeness (QED) is 0.167. The van der Waals surface area contributed by atoms with Crippen LogP contribution in [0, 0.1) is 16.2 Å². The maximum absolute atomic E-state index is 11.9. The molecule has 0 amide bonds. The Balaban J connectivity index is 1.95. The molecule has 1 fully saturated rings. The second-order valence-electron chi connectivity index (χ2n) is 15.0. The van der Waals surface area contributed by atoms with Gasteiger partial charge in [-0.2, -0.15) is 0 Å². The van der Waals surface area contributed by atoms with Gasteiger partial charge in [-0.3, -0.25) is 4.79 Å². The van der Waals surface area contributed by atoms with Gasteiger partial charge in [-0.05, 0) is 82.8 Å². The maximum Gasteiger partial charge on any atom is 0.303 e. The number of carbonyl (C=O) groups is 1. The van der Waals surface area contributed by atoms with E-state index < -0.39 is 6.10 Å². The summed E-state index contributed by atoms with van der Waals surface area (Å²) in [5.41, 5.74) is 6.62. The van der Waals surface area contributed by atoms with Crippen LogP contribution in [0.15, 0.2) is 119 Å². The highest BCUT2D eigenvalue weighted by Crippen LogP contribution is 2.55. The van der Waals surface area contributed by atoms with E-state index >= 15 is 0 Å². The molecule has 4 heteroatoms. The lowest BCUT2D eigenvalue weighted by Gasteiger charge is -2.42. The number of allylic oxidation sites excluding steroid dienone is 18. The lowest BCUT2D eigenvalue weighted by atomic mass is 9.65. The molecule has 2 N–H and O–H groups in total. The Bertz CT molecular complexity index is 1380. The van der Waals surface area contributed by atoms with Crippen LogP contribution >= 0.6 is 0 Å². The first-order valence-corrected chi connectivity index (χ1v) is 16.7. The van der Waals surface area contributed by atoms with Crippen molar-refractivity contribution in [2.75, 3.05) is 0 Å². The normalized spacial score (nSPS) is 27.3. The van der Waals surface area contributed by atoms with Gasteiger partial charge in [-0.1, -0.05) is 141 Å². The van der Waals surface area contributed by atoms with Crippen LogP contribution in [0.5, 0.6) is 0 Å². The molecule has 252 valence electrons. The molecule has 0 spiro atoms. The van der Waals surface area contributed by atoms with Crippen molar-refractivity contribution in [1.29, 1.82) is 0 Å². The van der Waals surface area contributed by atoms with E-state index in [0.717, 1.165) is 29.6 Å². The lowest BCUT2D eigenvalue weighted by Crippen LogP contribution is -2.42. The summed E-state index contributed by atoms with van der Waals surface area (Å²) in [6.07, 6.45) is 30.9. The fourth-order valence-corrected chi connectivity index (χ4v) is 6.70. The first kappa shape index (κ1) is 39.0. The molecule has 0 aromatic carbocycles. The van der Waals surface area contributed by atoms with Crippen LogP contribution in [-0.2, 0) is 9.53 Å². The van der Waals surface area contributed by atoms with Crippen LogP contribution in [0.25, 0.3) is 0 Å². The van der Waals surface area contributed by atoms with Gasteiger partial charge in [0.1, 0.15) is 6.10 Å². The zero-order valence-electron chi connectivity index (χ0n) is 30.4. The molecule has 4 nitrogen and oxygen atoms in total. The molecule has 0 aromatic rings. The number of ether oxygens (including phenoxy) is 1. The van der Waals surface area contributed by atoms with E-state index in [2.05, 4.69) is 111 Å². The van der Waals surface area contributed by atoms with E-state index in [1.807, 2.05) is 43.4 Å². The number of hydrogen-bond acceptors (Lipinski definition) is 4. The molecule has 0 aromatic heterocycles. The van der Waals surface area contributed by atoms with Gasteiger partial charge in [0.2, 0.25) is 0 Å². The van der Waals surface area contributed by atoms with Gasteiger partial charge in [-0.25, -0.2) is 0 Å². The summed E-state index contributed by atoms with van der Waals surface area (Å²) in [6.45, 7) is 22.7. The second kappa shape index (κ2) is 17.1. The van der Waals surface area contributed by atoms with E-state index in [1.54, 1.807) is 0 Å². The summed E-state index contributed by atoms with van der Waals surface area (Å²) >= 11 is 0. The minimum absolute atomic E-state index is 0.00937. The van der Waals surface area contributed by atoms with Crippen molar-refractivity contribution in [3.05, 3.63) is 119 Å². The largest absolute Gasteiger partial charge is 0.458 e. The summed E-state index contributed by atoms with van der Waals surface area (Å²) in [4.78, 5) is 11.9. The minimum atomic E-state index is -0.405. The van der Waals surface area contributed by atoms with Crippen LogP contribution in [0.2, 0.25) is 0 Å². The number of rotatable bonds is 12. The molecular formula is C42H60O4. The van der Waals surface area contributed by atoms with Gasteiger partial charge in [0.15, 0.2) is 0 Å². The molecule has 0 unspecified atom stereocenters.